The summed E-state index contributed by atoms with van der Waals surface area (Å²) in [5.74, 6) is 0. The Bertz CT molecular complexity index is 185. The van der Waals surface area contributed by atoms with Crippen LogP contribution in [0.25, 0.3) is 0 Å². The molecule has 0 bridgehead atoms. The summed E-state index contributed by atoms with van der Waals surface area (Å²) in [6.07, 6.45) is -1.12. The van der Waals surface area contributed by atoms with E-state index in [1.54, 1.807) is 0 Å². The summed E-state index contributed by atoms with van der Waals surface area (Å²) >= 11 is 3.30. The SMILES string of the molecule is FC(F)(F)OCCN(CCBr)C1CCC1. The molecule has 0 aromatic heterocycles. The van der Waals surface area contributed by atoms with Crippen LogP contribution >= 0.6 is 15.9 Å². The first-order chi connectivity index (χ1) is 7.03. The first-order valence-electron chi connectivity index (χ1n) is 5.03. The average molecular weight is 290 g/mol. The average Bonchev–Trinajstić information content (AvgIpc) is 1.98. The van der Waals surface area contributed by atoms with Crippen LogP contribution in [0.3, 0.4) is 0 Å². The summed E-state index contributed by atoms with van der Waals surface area (Å²) in [5, 5.41) is 0.787. The van der Waals surface area contributed by atoms with Crippen molar-refractivity contribution in [1.82, 2.24) is 4.90 Å². The zero-order valence-corrected chi connectivity index (χ0v) is 9.98. The molecule has 0 spiro atoms. The van der Waals surface area contributed by atoms with E-state index in [-0.39, 0.29) is 6.61 Å². The Labute approximate surface area is 95.9 Å². The second kappa shape index (κ2) is 6.06. The molecular formula is C9H15BrF3NO. The third kappa shape index (κ3) is 5.17. The van der Waals surface area contributed by atoms with Crippen molar-refractivity contribution in [1.29, 1.82) is 0 Å². The molecule has 1 aliphatic carbocycles. The molecule has 0 heterocycles. The summed E-state index contributed by atoms with van der Waals surface area (Å²) in [6.45, 7) is 0.870. The van der Waals surface area contributed by atoms with Crippen molar-refractivity contribution in [2.45, 2.75) is 31.7 Å². The maximum absolute atomic E-state index is 11.7. The summed E-state index contributed by atoms with van der Waals surface area (Å²) in [6, 6.07) is 0.458. The number of rotatable bonds is 6. The molecule has 0 amide bonds. The maximum Gasteiger partial charge on any atom is 0.522 e. The van der Waals surface area contributed by atoms with Gasteiger partial charge in [0.25, 0.3) is 0 Å². The van der Waals surface area contributed by atoms with Gasteiger partial charge in [-0.05, 0) is 12.8 Å². The van der Waals surface area contributed by atoms with E-state index in [0.717, 1.165) is 24.7 Å². The van der Waals surface area contributed by atoms with Gasteiger partial charge in [-0.3, -0.25) is 9.64 Å². The third-order valence-electron chi connectivity index (χ3n) is 2.61. The van der Waals surface area contributed by atoms with Crippen LogP contribution in [0, 0.1) is 0 Å². The second-order valence-electron chi connectivity index (χ2n) is 3.60. The van der Waals surface area contributed by atoms with E-state index < -0.39 is 6.36 Å². The second-order valence-corrected chi connectivity index (χ2v) is 4.40. The van der Waals surface area contributed by atoms with Gasteiger partial charge in [-0.25, -0.2) is 0 Å². The molecule has 1 rings (SSSR count). The van der Waals surface area contributed by atoms with Crippen molar-refractivity contribution >= 4 is 15.9 Å². The van der Waals surface area contributed by atoms with Gasteiger partial charge in [0.2, 0.25) is 0 Å². The molecule has 2 nitrogen and oxygen atoms in total. The standard InChI is InChI=1S/C9H15BrF3NO/c10-4-5-14(8-2-1-3-8)6-7-15-9(11,12)13/h8H,1-7H2. The predicted molar refractivity (Wildman–Crippen MR) is 55.0 cm³/mol. The highest BCUT2D eigenvalue weighted by molar-refractivity contribution is 9.09. The van der Waals surface area contributed by atoms with Gasteiger partial charge in [-0.2, -0.15) is 0 Å². The van der Waals surface area contributed by atoms with E-state index in [1.807, 2.05) is 0 Å². The van der Waals surface area contributed by atoms with Crippen LogP contribution in [0.2, 0.25) is 0 Å². The third-order valence-corrected chi connectivity index (χ3v) is 2.96. The molecule has 1 fully saturated rings. The number of nitrogens with zero attached hydrogens (tertiary/aromatic N) is 1. The zero-order valence-electron chi connectivity index (χ0n) is 8.39. The summed E-state index contributed by atoms with van der Waals surface area (Å²) in [5.41, 5.74) is 0. The molecule has 0 radical (unpaired) electrons. The smallest absolute Gasteiger partial charge is 0.297 e. The molecular weight excluding hydrogens is 275 g/mol. The number of hydrogen-bond acceptors (Lipinski definition) is 2. The lowest BCUT2D eigenvalue weighted by atomic mass is 9.91. The first-order valence-corrected chi connectivity index (χ1v) is 6.16. The van der Waals surface area contributed by atoms with Crippen molar-refractivity contribution in [2.24, 2.45) is 0 Å². The molecule has 0 unspecified atom stereocenters. The molecule has 6 heteroatoms. The van der Waals surface area contributed by atoms with E-state index in [2.05, 4.69) is 25.6 Å². The van der Waals surface area contributed by atoms with Gasteiger partial charge in [-0.1, -0.05) is 22.4 Å². The van der Waals surface area contributed by atoms with Crippen molar-refractivity contribution in [3.63, 3.8) is 0 Å². The summed E-state index contributed by atoms with van der Waals surface area (Å²) in [7, 11) is 0. The Balaban J connectivity index is 2.19. The molecule has 1 saturated carbocycles. The van der Waals surface area contributed by atoms with Gasteiger partial charge in [0.05, 0.1) is 6.61 Å². The van der Waals surface area contributed by atoms with Crippen molar-refractivity contribution < 1.29 is 17.9 Å². The fraction of sp³-hybridized carbons (Fsp3) is 1.00. The Kier molecular flexibility index (Phi) is 5.35. The van der Waals surface area contributed by atoms with E-state index >= 15 is 0 Å². The Morgan fingerprint density at radius 2 is 1.93 bits per heavy atom. The minimum atomic E-state index is -4.50. The maximum atomic E-state index is 11.7. The highest BCUT2D eigenvalue weighted by Crippen LogP contribution is 2.25. The quantitative estimate of drug-likeness (QED) is 0.697. The van der Waals surface area contributed by atoms with E-state index in [4.69, 9.17) is 0 Å². The lowest BCUT2D eigenvalue weighted by molar-refractivity contribution is -0.325. The van der Waals surface area contributed by atoms with Crippen LogP contribution in [0.4, 0.5) is 13.2 Å². The molecule has 0 aliphatic heterocycles. The van der Waals surface area contributed by atoms with E-state index in [1.165, 1.54) is 6.42 Å². The first kappa shape index (κ1) is 13.3. The highest BCUT2D eigenvalue weighted by Gasteiger charge is 2.30. The molecule has 0 aromatic rings. The fourth-order valence-electron chi connectivity index (χ4n) is 1.62. The molecule has 0 N–H and O–H groups in total. The Morgan fingerprint density at radius 1 is 1.27 bits per heavy atom. The highest BCUT2D eigenvalue weighted by atomic mass is 79.9. The monoisotopic (exact) mass is 289 g/mol. The van der Waals surface area contributed by atoms with E-state index in [0.29, 0.717) is 12.6 Å². The van der Waals surface area contributed by atoms with Crippen LogP contribution in [-0.2, 0) is 4.74 Å². The van der Waals surface area contributed by atoms with Crippen LogP contribution < -0.4 is 0 Å². The van der Waals surface area contributed by atoms with Crippen LogP contribution in [0.5, 0.6) is 0 Å². The topological polar surface area (TPSA) is 12.5 Å². The van der Waals surface area contributed by atoms with Gasteiger partial charge in [0, 0.05) is 24.5 Å². The predicted octanol–water partition coefficient (Wildman–Crippen LogP) is 2.77. The largest absolute Gasteiger partial charge is 0.522 e. The molecule has 0 saturated heterocycles. The lowest BCUT2D eigenvalue weighted by Crippen LogP contribution is -2.43. The van der Waals surface area contributed by atoms with Crippen molar-refractivity contribution in [2.75, 3.05) is 25.0 Å². The van der Waals surface area contributed by atoms with Crippen molar-refractivity contribution in [3.05, 3.63) is 0 Å². The molecule has 15 heavy (non-hydrogen) atoms. The van der Waals surface area contributed by atoms with Crippen molar-refractivity contribution in [3.8, 4) is 0 Å². The van der Waals surface area contributed by atoms with Gasteiger partial charge in [0.1, 0.15) is 0 Å². The molecule has 1 aliphatic rings. The minimum Gasteiger partial charge on any atom is -0.297 e. The van der Waals surface area contributed by atoms with Gasteiger partial charge in [-0.15, -0.1) is 13.2 Å². The summed E-state index contributed by atoms with van der Waals surface area (Å²) in [4.78, 5) is 2.06. The number of hydrogen-bond donors (Lipinski definition) is 0. The van der Waals surface area contributed by atoms with Gasteiger partial charge >= 0.3 is 6.36 Å². The van der Waals surface area contributed by atoms with Crippen LogP contribution in [0.1, 0.15) is 19.3 Å². The summed E-state index contributed by atoms with van der Waals surface area (Å²) < 4.78 is 39.0. The number of halogens is 4. The molecule has 90 valence electrons. The minimum absolute atomic E-state index is 0.271. The van der Waals surface area contributed by atoms with Crippen LogP contribution in [0.15, 0.2) is 0 Å². The fourth-order valence-corrected chi connectivity index (χ4v) is 2.07. The number of ether oxygens (including phenoxy) is 1. The number of alkyl halides is 4. The molecule has 0 aromatic carbocycles. The molecule has 0 atom stereocenters. The Morgan fingerprint density at radius 3 is 2.33 bits per heavy atom. The Hall–Kier alpha value is 0.190. The lowest BCUT2D eigenvalue weighted by Gasteiger charge is -2.37. The van der Waals surface area contributed by atoms with E-state index in [9.17, 15) is 13.2 Å². The normalized spacial score (nSPS) is 18.2. The van der Waals surface area contributed by atoms with Gasteiger partial charge < -0.3 is 0 Å². The zero-order chi connectivity index (χ0) is 11.3. The van der Waals surface area contributed by atoms with Gasteiger partial charge in [0.15, 0.2) is 0 Å². The van der Waals surface area contributed by atoms with Crippen LogP contribution in [-0.4, -0.2) is 42.3 Å².